The molecular formula is C32H41N3O4S. The molecule has 0 spiro atoms. The number of nitrogens with zero attached hydrogens (tertiary/aromatic N) is 2. The smallest absolute Gasteiger partial charge is 0.224 e. The summed E-state index contributed by atoms with van der Waals surface area (Å²) in [6.45, 7) is 6.11. The number of aryl methyl sites for hydroxylation is 1. The van der Waals surface area contributed by atoms with Crippen LogP contribution in [0.1, 0.15) is 60.1 Å². The van der Waals surface area contributed by atoms with E-state index in [0.29, 0.717) is 32.5 Å². The van der Waals surface area contributed by atoms with Crippen LogP contribution in [0.5, 0.6) is 0 Å². The van der Waals surface area contributed by atoms with Gasteiger partial charge in [0.05, 0.1) is 24.5 Å². The first-order chi connectivity index (χ1) is 19.3. The van der Waals surface area contributed by atoms with Gasteiger partial charge in [0.2, 0.25) is 5.91 Å². The number of anilines is 2. The summed E-state index contributed by atoms with van der Waals surface area (Å²) in [6.07, 6.45) is 9.13. The van der Waals surface area contributed by atoms with Gasteiger partial charge in [0.15, 0.2) is 0 Å². The van der Waals surface area contributed by atoms with Crippen LogP contribution in [0.15, 0.2) is 59.2 Å². The summed E-state index contributed by atoms with van der Waals surface area (Å²) in [7, 11) is -3.00. The van der Waals surface area contributed by atoms with Gasteiger partial charge in [0.25, 0.3) is 0 Å². The second kappa shape index (κ2) is 12.5. The van der Waals surface area contributed by atoms with Crippen LogP contribution >= 0.6 is 0 Å². The minimum atomic E-state index is -3.00. The fourth-order valence-corrected chi connectivity index (χ4v) is 7.04. The van der Waals surface area contributed by atoms with Crippen molar-refractivity contribution in [3.63, 3.8) is 0 Å². The Hall–Kier alpha value is -3.26. The number of carbonyl (C=O) groups is 1. The van der Waals surface area contributed by atoms with Crippen LogP contribution in [0.4, 0.5) is 11.4 Å². The minimum Gasteiger partial charge on any atom is -0.467 e. The maximum absolute atomic E-state index is 12.9. The van der Waals surface area contributed by atoms with Gasteiger partial charge in [0.1, 0.15) is 15.6 Å². The molecule has 2 aromatic carbocycles. The quantitative estimate of drug-likeness (QED) is 0.393. The van der Waals surface area contributed by atoms with Crippen LogP contribution in [0.25, 0.3) is 0 Å². The fraction of sp³-hybridized carbons (Fsp3) is 0.469. The van der Waals surface area contributed by atoms with Gasteiger partial charge in [-0.1, -0.05) is 24.3 Å². The van der Waals surface area contributed by atoms with E-state index in [1.165, 1.54) is 42.3 Å². The van der Waals surface area contributed by atoms with Crippen molar-refractivity contribution in [3.05, 3.63) is 82.8 Å². The third kappa shape index (κ3) is 7.08. The Kier molecular flexibility index (Phi) is 8.84. The molecule has 0 atom stereocenters. The van der Waals surface area contributed by atoms with E-state index in [1.807, 2.05) is 30.3 Å². The Morgan fingerprint density at radius 3 is 2.48 bits per heavy atom. The average Bonchev–Trinajstić information content (AvgIpc) is 3.40. The molecular weight excluding hydrogens is 522 g/mol. The minimum absolute atomic E-state index is 0.0559. The molecule has 3 heterocycles. The summed E-state index contributed by atoms with van der Waals surface area (Å²) >= 11 is 0. The molecule has 214 valence electrons. The maximum atomic E-state index is 12.9. The number of sulfone groups is 1. The molecule has 1 N–H and O–H groups in total. The lowest BCUT2D eigenvalue weighted by molar-refractivity contribution is -0.120. The van der Waals surface area contributed by atoms with Gasteiger partial charge in [-0.3, -0.25) is 4.79 Å². The van der Waals surface area contributed by atoms with E-state index in [9.17, 15) is 13.2 Å². The van der Waals surface area contributed by atoms with Gasteiger partial charge >= 0.3 is 0 Å². The Morgan fingerprint density at radius 2 is 1.73 bits per heavy atom. The zero-order valence-electron chi connectivity index (χ0n) is 23.7. The second-order valence-corrected chi connectivity index (χ2v) is 13.7. The van der Waals surface area contributed by atoms with Crippen molar-refractivity contribution >= 4 is 27.1 Å². The van der Waals surface area contributed by atoms with Crippen LogP contribution in [0, 0.1) is 6.92 Å². The van der Waals surface area contributed by atoms with E-state index < -0.39 is 9.84 Å². The highest BCUT2D eigenvalue weighted by atomic mass is 32.2. The standard InChI is InChI=1S/C32H41N3O4S/c1-24-9-10-26(30(19-24)35-14-4-3-5-15-35)22-27-13-18-39-31(27)23-33-32(36)21-25-7-6-8-28(20-25)34-16-11-29(12-17-34)40(2,37)38/h6-10,13,18-20,29H,3-5,11-12,14-17,21-23H2,1-2H3,(H,33,36). The fourth-order valence-electron chi connectivity index (χ4n) is 5.97. The van der Waals surface area contributed by atoms with Gasteiger partial charge in [-0.2, -0.15) is 0 Å². The molecule has 0 aliphatic carbocycles. The molecule has 0 radical (unpaired) electrons. The van der Waals surface area contributed by atoms with E-state index >= 15 is 0 Å². The molecule has 0 bridgehead atoms. The van der Waals surface area contributed by atoms with Crippen LogP contribution in [0.2, 0.25) is 0 Å². The zero-order valence-corrected chi connectivity index (χ0v) is 24.5. The van der Waals surface area contributed by atoms with E-state index in [0.717, 1.165) is 42.1 Å². The lowest BCUT2D eigenvalue weighted by Gasteiger charge is -2.33. The van der Waals surface area contributed by atoms with Crippen molar-refractivity contribution in [1.29, 1.82) is 0 Å². The summed E-state index contributed by atoms with van der Waals surface area (Å²) in [5.41, 5.74) is 6.95. The second-order valence-electron chi connectivity index (χ2n) is 11.4. The highest BCUT2D eigenvalue weighted by Gasteiger charge is 2.27. The van der Waals surface area contributed by atoms with Crippen molar-refractivity contribution in [1.82, 2.24) is 5.32 Å². The van der Waals surface area contributed by atoms with E-state index in [-0.39, 0.29) is 17.6 Å². The third-order valence-electron chi connectivity index (χ3n) is 8.29. The number of rotatable bonds is 9. The average molecular weight is 564 g/mol. The first-order valence-electron chi connectivity index (χ1n) is 14.5. The van der Waals surface area contributed by atoms with E-state index in [4.69, 9.17) is 4.42 Å². The maximum Gasteiger partial charge on any atom is 0.224 e. The van der Waals surface area contributed by atoms with Gasteiger partial charge < -0.3 is 19.5 Å². The summed E-state index contributed by atoms with van der Waals surface area (Å²) in [5.74, 6) is 0.737. The molecule has 2 saturated heterocycles. The molecule has 1 amide bonds. The molecule has 2 aliphatic heterocycles. The topological polar surface area (TPSA) is 82.9 Å². The molecule has 7 nitrogen and oxygen atoms in total. The number of benzene rings is 2. The summed E-state index contributed by atoms with van der Waals surface area (Å²) in [5, 5.41) is 2.79. The number of hydrogen-bond acceptors (Lipinski definition) is 6. The monoisotopic (exact) mass is 563 g/mol. The van der Waals surface area contributed by atoms with Gasteiger partial charge in [-0.05, 0) is 85.5 Å². The van der Waals surface area contributed by atoms with Gasteiger partial charge in [-0.15, -0.1) is 0 Å². The highest BCUT2D eigenvalue weighted by Crippen LogP contribution is 2.29. The SMILES string of the molecule is Cc1ccc(Cc2ccoc2CNC(=O)Cc2cccc(N3CCC(S(C)(=O)=O)CC3)c2)c(N2CCCCC2)c1. The van der Waals surface area contributed by atoms with Gasteiger partial charge in [0, 0.05) is 50.2 Å². The first kappa shape index (κ1) is 28.3. The normalized spacial score (nSPS) is 16.8. The molecule has 40 heavy (non-hydrogen) atoms. The summed E-state index contributed by atoms with van der Waals surface area (Å²) in [4.78, 5) is 17.6. The number of carbonyl (C=O) groups excluding carboxylic acids is 1. The Balaban J connectivity index is 1.18. The third-order valence-corrected chi connectivity index (χ3v) is 9.97. The predicted octanol–water partition coefficient (Wildman–Crippen LogP) is 5.04. The van der Waals surface area contributed by atoms with Crippen molar-refractivity contribution in [3.8, 4) is 0 Å². The Labute approximate surface area is 238 Å². The molecule has 0 saturated carbocycles. The Bertz CT molecular complexity index is 1420. The first-order valence-corrected chi connectivity index (χ1v) is 16.4. The van der Waals surface area contributed by atoms with Crippen molar-refractivity contribution in [2.24, 2.45) is 0 Å². The van der Waals surface area contributed by atoms with E-state index in [2.05, 4.69) is 40.2 Å². The molecule has 8 heteroatoms. The lowest BCUT2D eigenvalue weighted by Crippen LogP contribution is -2.39. The molecule has 5 rings (SSSR count). The summed E-state index contributed by atoms with van der Waals surface area (Å²) in [6, 6.07) is 16.7. The van der Waals surface area contributed by atoms with Crippen molar-refractivity contribution in [2.75, 3.05) is 42.2 Å². The van der Waals surface area contributed by atoms with Gasteiger partial charge in [-0.25, -0.2) is 8.42 Å². The summed E-state index contributed by atoms with van der Waals surface area (Å²) < 4.78 is 29.6. The Morgan fingerprint density at radius 1 is 0.950 bits per heavy atom. The molecule has 2 fully saturated rings. The number of amides is 1. The zero-order chi connectivity index (χ0) is 28.1. The molecule has 3 aromatic rings. The number of hydrogen-bond donors (Lipinski definition) is 1. The number of piperidine rings is 2. The van der Waals surface area contributed by atoms with Crippen LogP contribution in [-0.2, 0) is 34.0 Å². The number of furan rings is 1. The molecule has 0 unspecified atom stereocenters. The highest BCUT2D eigenvalue weighted by molar-refractivity contribution is 7.91. The van der Waals surface area contributed by atoms with E-state index in [1.54, 1.807) is 6.26 Å². The molecule has 1 aromatic heterocycles. The van der Waals surface area contributed by atoms with Crippen molar-refractivity contribution in [2.45, 2.75) is 63.7 Å². The van der Waals surface area contributed by atoms with Crippen LogP contribution in [-0.4, -0.2) is 52.0 Å². The largest absolute Gasteiger partial charge is 0.467 e. The number of nitrogens with one attached hydrogen (secondary N) is 1. The van der Waals surface area contributed by atoms with Crippen molar-refractivity contribution < 1.29 is 17.6 Å². The predicted molar refractivity (Wildman–Crippen MR) is 161 cm³/mol. The lowest BCUT2D eigenvalue weighted by atomic mass is 9.99. The van der Waals surface area contributed by atoms with Crippen LogP contribution < -0.4 is 15.1 Å². The molecule has 2 aliphatic rings. The van der Waals surface area contributed by atoms with Crippen LogP contribution in [0.3, 0.4) is 0 Å².